The van der Waals surface area contributed by atoms with E-state index in [2.05, 4.69) is 67.5 Å². The van der Waals surface area contributed by atoms with E-state index in [1.807, 2.05) is 6.07 Å². The van der Waals surface area contributed by atoms with Gasteiger partial charge in [0, 0.05) is 6.04 Å². The molecule has 0 bridgehead atoms. The lowest BCUT2D eigenvalue weighted by atomic mass is 9.86. The summed E-state index contributed by atoms with van der Waals surface area (Å²) in [4.78, 5) is 2.33. The minimum atomic E-state index is 0.426. The Morgan fingerprint density at radius 1 is 1.04 bits per heavy atom. The molecule has 0 saturated carbocycles. The first kappa shape index (κ1) is 15.8. The van der Waals surface area contributed by atoms with Crippen molar-refractivity contribution < 1.29 is 4.74 Å². The van der Waals surface area contributed by atoms with Crippen molar-refractivity contribution in [1.29, 1.82) is 0 Å². The second-order valence-electron chi connectivity index (χ2n) is 6.45. The zero-order chi connectivity index (χ0) is 16.2. The lowest BCUT2D eigenvalue weighted by Crippen LogP contribution is -2.32. The highest BCUT2D eigenvalue weighted by Gasteiger charge is 2.21. The molecule has 0 heterocycles. The summed E-state index contributed by atoms with van der Waals surface area (Å²) < 4.78 is 5.36. The molecule has 2 heteroatoms. The van der Waals surface area contributed by atoms with E-state index in [0.29, 0.717) is 6.04 Å². The summed E-state index contributed by atoms with van der Waals surface area (Å²) in [6.07, 6.45) is 5.69. The summed E-state index contributed by atoms with van der Waals surface area (Å²) in [5.74, 6) is 0.933. The summed E-state index contributed by atoms with van der Waals surface area (Å²) in [7, 11) is 6.07. The number of likely N-dealkylation sites (N-methyl/N-ethyl adjacent to an activating group) is 1. The number of fused-ring (bicyclic) bond motifs is 1. The molecule has 2 nitrogen and oxygen atoms in total. The Hall–Kier alpha value is -2.06. The van der Waals surface area contributed by atoms with Crippen molar-refractivity contribution in [1.82, 2.24) is 4.90 Å². The largest absolute Gasteiger partial charge is 0.497 e. The van der Waals surface area contributed by atoms with E-state index in [-0.39, 0.29) is 0 Å². The normalized spacial score (nSPS) is 15.0. The first-order chi connectivity index (χ1) is 11.2. The molecule has 2 aromatic rings. The summed E-state index contributed by atoms with van der Waals surface area (Å²) in [5, 5.41) is 0. The zero-order valence-corrected chi connectivity index (χ0v) is 14.3. The summed E-state index contributed by atoms with van der Waals surface area (Å²) in [5.41, 5.74) is 5.70. The van der Waals surface area contributed by atoms with Gasteiger partial charge in [0.2, 0.25) is 0 Å². The van der Waals surface area contributed by atoms with Crippen LogP contribution in [0.15, 0.2) is 54.1 Å². The maximum absolute atomic E-state index is 5.36. The van der Waals surface area contributed by atoms with E-state index in [4.69, 9.17) is 4.74 Å². The third-order valence-electron chi connectivity index (χ3n) is 4.69. The van der Waals surface area contributed by atoms with E-state index in [9.17, 15) is 0 Å². The topological polar surface area (TPSA) is 12.5 Å². The van der Waals surface area contributed by atoms with Gasteiger partial charge in [-0.2, -0.15) is 0 Å². The van der Waals surface area contributed by atoms with Crippen LogP contribution in [0.25, 0.3) is 6.08 Å². The van der Waals surface area contributed by atoms with Crippen LogP contribution < -0.4 is 4.74 Å². The maximum atomic E-state index is 5.36. The van der Waals surface area contributed by atoms with Crippen LogP contribution in [0.5, 0.6) is 5.75 Å². The van der Waals surface area contributed by atoms with E-state index < -0.39 is 0 Å². The fourth-order valence-corrected chi connectivity index (χ4v) is 3.38. The number of rotatable bonds is 5. The standard InChI is InChI=1S/C21H25NO/c1-22(2)21(14-16-7-6-10-20(13-16)23-3)19-12-11-17-8-4-5-9-18(17)15-19/h4-10,13,15,21H,11-12,14H2,1-3H3. The van der Waals surface area contributed by atoms with Crippen LogP contribution in [0.4, 0.5) is 0 Å². The van der Waals surface area contributed by atoms with E-state index in [1.54, 1.807) is 7.11 Å². The molecule has 1 unspecified atom stereocenters. The summed E-state index contributed by atoms with van der Waals surface area (Å²) in [6.45, 7) is 0. The summed E-state index contributed by atoms with van der Waals surface area (Å²) in [6, 6.07) is 17.6. The fraction of sp³-hybridized carbons (Fsp3) is 0.333. The molecule has 0 aliphatic heterocycles. The molecule has 0 N–H and O–H groups in total. The van der Waals surface area contributed by atoms with Crippen molar-refractivity contribution in [3.8, 4) is 5.75 Å². The second-order valence-corrected chi connectivity index (χ2v) is 6.45. The average molecular weight is 307 g/mol. The van der Waals surface area contributed by atoms with Gasteiger partial charge in [0.25, 0.3) is 0 Å². The van der Waals surface area contributed by atoms with Crippen LogP contribution in [0.3, 0.4) is 0 Å². The highest BCUT2D eigenvalue weighted by Crippen LogP contribution is 2.29. The van der Waals surface area contributed by atoms with Crippen molar-refractivity contribution >= 4 is 6.08 Å². The van der Waals surface area contributed by atoms with Gasteiger partial charge >= 0.3 is 0 Å². The number of aryl methyl sites for hydroxylation is 1. The molecule has 0 radical (unpaired) electrons. The van der Waals surface area contributed by atoms with Crippen molar-refractivity contribution in [2.75, 3.05) is 21.2 Å². The number of ether oxygens (including phenoxy) is 1. The van der Waals surface area contributed by atoms with E-state index in [1.165, 1.54) is 22.3 Å². The molecule has 3 rings (SSSR count). The predicted octanol–water partition coefficient (Wildman–Crippen LogP) is 4.20. The van der Waals surface area contributed by atoms with Gasteiger partial charge in [-0.15, -0.1) is 0 Å². The van der Waals surface area contributed by atoms with Crippen LogP contribution >= 0.6 is 0 Å². The van der Waals surface area contributed by atoms with Gasteiger partial charge in [0.1, 0.15) is 5.75 Å². The molecule has 1 aliphatic carbocycles. The smallest absolute Gasteiger partial charge is 0.119 e. The van der Waals surface area contributed by atoms with Crippen LogP contribution in [0.2, 0.25) is 0 Å². The van der Waals surface area contributed by atoms with Gasteiger partial charge < -0.3 is 9.64 Å². The third kappa shape index (κ3) is 3.65. The Labute approximate surface area is 139 Å². The fourth-order valence-electron chi connectivity index (χ4n) is 3.38. The van der Waals surface area contributed by atoms with Crippen molar-refractivity contribution in [3.05, 3.63) is 70.8 Å². The van der Waals surface area contributed by atoms with Crippen LogP contribution in [0.1, 0.15) is 23.1 Å². The molecule has 0 aromatic heterocycles. The first-order valence-electron chi connectivity index (χ1n) is 8.25. The van der Waals surface area contributed by atoms with Crippen LogP contribution in [-0.2, 0) is 12.8 Å². The molecule has 0 fully saturated rings. The average Bonchev–Trinajstić information content (AvgIpc) is 2.59. The van der Waals surface area contributed by atoms with Gasteiger partial charge in [0.15, 0.2) is 0 Å². The number of nitrogens with zero attached hydrogens (tertiary/aromatic N) is 1. The van der Waals surface area contributed by atoms with Crippen LogP contribution in [-0.4, -0.2) is 32.1 Å². The molecule has 2 aromatic carbocycles. The Balaban J connectivity index is 1.86. The van der Waals surface area contributed by atoms with Gasteiger partial charge in [-0.25, -0.2) is 0 Å². The molecule has 0 spiro atoms. The number of methoxy groups -OCH3 is 1. The van der Waals surface area contributed by atoms with Gasteiger partial charge in [-0.1, -0.05) is 48.0 Å². The minimum Gasteiger partial charge on any atom is -0.497 e. The number of hydrogen-bond donors (Lipinski definition) is 0. The molecule has 120 valence electrons. The Kier molecular flexibility index (Phi) is 4.82. The highest BCUT2D eigenvalue weighted by atomic mass is 16.5. The van der Waals surface area contributed by atoms with E-state index in [0.717, 1.165) is 25.0 Å². The second kappa shape index (κ2) is 7.01. The Bertz CT molecular complexity index is 702. The Morgan fingerprint density at radius 3 is 2.65 bits per heavy atom. The summed E-state index contributed by atoms with van der Waals surface area (Å²) >= 11 is 0. The van der Waals surface area contributed by atoms with E-state index >= 15 is 0 Å². The SMILES string of the molecule is COc1cccc(CC(C2=Cc3ccccc3CC2)N(C)C)c1. The highest BCUT2D eigenvalue weighted by molar-refractivity contribution is 5.60. The molecule has 23 heavy (non-hydrogen) atoms. The number of hydrogen-bond acceptors (Lipinski definition) is 2. The Morgan fingerprint density at radius 2 is 1.87 bits per heavy atom. The van der Waals surface area contributed by atoms with Gasteiger partial charge in [-0.3, -0.25) is 0 Å². The molecular formula is C21H25NO. The molecule has 0 saturated heterocycles. The molecular weight excluding hydrogens is 282 g/mol. The van der Waals surface area contributed by atoms with Crippen molar-refractivity contribution in [3.63, 3.8) is 0 Å². The van der Waals surface area contributed by atoms with Gasteiger partial charge in [-0.05, 0) is 62.2 Å². The first-order valence-corrected chi connectivity index (χ1v) is 8.25. The molecule has 0 amide bonds. The monoisotopic (exact) mass is 307 g/mol. The zero-order valence-electron chi connectivity index (χ0n) is 14.3. The minimum absolute atomic E-state index is 0.426. The quantitative estimate of drug-likeness (QED) is 0.821. The predicted molar refractivity (Wildman–Crippen MR) is 96.9 cm³/mol. The van der Waals surface area contributed by atoms with Crippen molar-refractivity contribution in [2.45, 2.75) is 25.3 Å². The third-order valence-corrected chi connectivity index (χ3v) is 4.69. The van der Waals surface area contributed by atoms with Crippen molar-refractivity contribution in [2.24, 2.45) is 0 Å². The van der Waals surface area contributed by atoms with Gasteiger partial charge in [0.05, 0.1) is 7.11 Å². The molecule has 1 aliphatic rings. The number of benzene rings is 2. The molecule has 1 atom stereocenters. The van der Waals surface area contributed by atoms with Crippen LogP contribution in [0, 0.1) is 0 Å². The lowest BCUT2D eigenvalue weighted by Gasteiger charge is -2.30. The lowest BCUT2D eigenvalue weighted by molar-refractivity contribution is 0.322. The maximum Gasteiger partial charge on any atom is 0.119 e.